The van der Waals surface area contributed by atoms with Gasteiger partial charge >= 0.3 is 5.97 Å². The molecule has 31 heavy (non-hydrogen) atoms. The molecule has 1 amide bonds. The Morgan fingerprint density at radius 1 is 1.10 bits per heavy atom. The molecule has 1 heterocycles. The Morgan fingerprint density at radius 2 is 1.71 bits per heavy atom. The highest BCUT2D eigenvalue weighted by molar-refractivity contribution is 8.01. The van der Waals surface area contributed by atoms with E-state index in [9.17, 15) is 18.0 Å². The molecule has 0 radical (unpaired) electrons. The minimum Gasteiger partial charge on any atom is -0.459 e. The summed E-state index contributed by atoms with van der Waals surface area (Å²) in [5, 5.41) is 0. The van der Waals surface area contributed by atoms with Crippen LogP contribution in [0.2, 0.25) is 0 Å². The van der Waals surface area contributed by atoms with Gasteiger partial charge in [-0.3, -0.25) is 4.79 Å². The van der Waals surface area contributed by atoms with E-state index in [0.29, 0.717) is 5.75 Å². The molecule has 2 aromatic rings. The van der Waals surface area contributed by atoms with Gasteiger partial charge in [0, 0.05) is 18.7 Å². The van der Waals surface area contributed by atoms with Gasteiger partial charge in [0.05, 0.1) is 4.90 Å². The molecule has 0 spiro atoms. The van der Waals surface area contributed by atoms with Crippen LogP contribution in [0.3, 0.4) is 0 Å². The van der Waals surface area contributed by atoms with E-state index in [2.05, 4.69) is 0 Å². The topological polar surface area (TPSA) is 80.8 Å². The van der Waals surface area contributed by atoms with Gasteiger partial charge in [-0.2, -0.15) is 0 Å². The molecule has 1 aliphatic heterocycles. The maximum atomic E-state index is 13.5. The standard InChI is InChI=1S/C23H27NO5S2/c1-17-10-12-19(13-11-17)31(27,28)24-15-14-23(20(24)25,21(26)29-22(2,3)4)30-16-18-8-6-5-7-9-18/h5-13H,14-16H2,1-4H3. The highest BCUT2D eigenvalue weighted by Gasteiger charge is 2.58. The van der Waals surface area contributed by atoms with E-state index in [1.807, 2.05) is 37.3 Å². The second-order valence-electron chi connectivity index (χ2n) is 8.55. The van der Waals surface area contributed by atoms with Crippen LogP contribution in [0, 0.1) is 6.92 Å². The lowest BCUT2D eigenvalue weighted by Crippen LogP contribution is -2.48. The molecular formula is C23H27NO5S2. The zero-order valence-electron chi connectivity index (χ0n) is 18.1. The molecule has 1 aliphatic rings. The number of hydrogen-bond donors (Lipinski definition) is 0. The van der Waals surface area contributed by atoms with Crippen LogP contribution in [-0.2, 0) is 30.1 Å². The zero-order valence-corrected chi connectivity index (χ0v) is 19.8. The van der Waals surface area contributed by atoms with Crippen molar-refractivity contribution in [3.05, 3.63) is 65.7 Å². The van der Waals surface area contributed by atoms with Crippen molar-refractivity contribution in [1.29, 1.82) is 0 Å². The van der Waals surface area contributed by atoms with Crippen LogP contribution in [0.4, 0.5) is 0 Å². The molecule has 6 nitrogen and oxygen atoms in total. The third kappa shape index (κ3) is 4.96. The first kappa shape index (κ1) is 23.3. The van der Waals surface area contributed by atoms with Crippen molar-refractivity contribution < 1.29 is 22.7 Å². The summed E-state index contributed by atoms with van der Waals surface area (Å²) in [5.74, 6) is -1.07. The monoisotopic (exact) mass is 461 g/mol. The third-order valence-corrected chi connectivity index (χ3v) is 8.22. The van der Waals surface area contributed by atoms with E-state index in [0.717, 1.165) is 27.2 Å². The van der Waals surface area contributed by atoms with Crippen LogP contribution in [-0.4, -0.2) is 41.5 Å². The quantitative estimate of drug-likeness (QED) is 0.479. The number of amides is 1. The van der Waals surface area contributed by atoms with Gasteiger partial charge in [-0.25, -0.2) is 17.5 Å². The minimum atomic E-state index is -4.07. The predicted octanol–water partition coefficient (Wildman–Crippen LogP) is 3.93. The number of sulfonamides is 1. The Hall–Kier alpha value is -2.32. The van der Waals surface area contributed by atoms with Crippen molar-refractivity contribution in [1.82, 2.24) is 4.31 Å². The average Bonchev–Trinajstić information content (AvgIpc) is 3.04. The Kier molecular flexibility index (Phi) is 6.53. The van der Waals surface area contributed by atoms with Crippen LogP contribution in [0.5, 0.6) is 0 Å². The molecule has 166 valence electrons. The first-order valence-corrected chi connectivity index (χ1v) is 12.4. The van der Waals surface area contributed by atoms with E-state index < -0.39 is 32.2 Å². The fourth-order valence-electron chi connectivity index (χ4n) is 3.26. The van der Waals surface area contributed by atoms with Crippen molar-refractivity contribution in [2.75, 3.05) is 6.54 Å². The minimum absolute atomic E-state index is 0.0273. The Labute approximate surface area is 188 Å². The Morgan fingerprint density at radius 3 is 2.29 bits per heavy atom. The third-order valence-electron chi connectivity index (χ3n) is 4.90. The fourth-order valence-corrected chi connectivity index (χ4v) is 5.99. The number of thioether (sulfide) groups is 1. The molecule has 0 saturated carbocycles. The summed E-state index contributed by atoms with van der Waals surface area (Å²) in [6.45, 7) is 6.95. The number of rotatable bonds is 6. The van der Waals surface area contributed by atoms with Crippen molar-refractivity contribution in [3.63, 3.8) is 0 Å². The number of aryl methyl sites for hydroxylation is 1. The van der Waals surface area contributed by atoms with E-state index in [-0.39, 0.29) is 17.9 Å². The second kappa shape index (κ2) is 8.67. The maximum Gasteiger partial charge on any atom is 0.332 e. The first-order valence-electron chi connectivity index (χ1n) is 10.0. The number of benzene rings is 2. The summed E-state index contributed by atoms with van der Waals surface area (Å²) in [6.07, 6.45) is 0.0589. The molecule has 0 aliphatic carbocycles. The molecule has 0 bridgehead atoms. The van der Waals surface area contributed by atoms with Crippen LogP contribution in [0.1, 0.15) is 38.3 Å². The van der Waals surface area contributed by atoms with Crippen molar-refractivity contribution >= 4 is 33.7 Å². The van der Waals surface area contributed by atoms with Gasteiger partial charge < -0.3 is 4.74 Å². The van der Waals surface area contributed by atoms with Crippen LogP contribution >= 0.6 is 11.8 Å². The summed E-state index contributed by atoms with van der Waals surface area (Å²) in [4.78, 5) is 26.7. The summed E-state index contributed by atoms with van der Waals surface area (Å²) in [5.41, 5.74) is 1.04. The molecule has 1 fully saturated rings. The summed E-state index contributed by atoms with van der Waals surface area (Å²) in [6, 6.07) is 15.7. The Bertz CT molecular complexity index is 1060. The number of carbonyl (C=O) groups is 2. The van der Waals surface area contributed by atoms with Gasteiger partial charge in [0.2, 0.25) is 0 Å². The lowest BCUT2D eigenvalue weighted by Gasteiger charge is -2.29. The van der Waals surface area contributed by atoms with Crippen molar-refractivity contribution in [2.24, 2.45) is 0 Å². The van der Waals surface area contributed by atoms with E-state index >= 15 is 0 Å². The van der Waals surface area contributed by atoms with Gasteiger partial charge in [0.25, 0.3) is 15.9 Å². The molecule has 0 aromatic heterocycles. The lowest BCUT2D eigenvalue weighted by atomic mass is 10.1. The van der Waals surface area contributed by atoms with Crippen molar-refractivity contribution in [2.45, 2.75) is 55.1 Å². The first-order chi connectivity index (χ1) is 14.5. The molecule has 8 heteroatoms. The molecule has 0 N–H and O–H groups in total. The fraction of sp³-hybridized carbons (Fsp3) is 0.391. The molecule has 2 aromatic carbocycles. The largest absolute Gasteiger partial charge is 0.459 e. The van der Waals surface area contributed by atoms with Gasteiger partial charge in [0.1, 0.15) is 5.60 Å². The van der Waals surface area contributed by atoms with Gasteiger partial charge in [-0.15, -0.1) is 11.8 Å². The summed E-state index contributed by atoms with van der Waals surface area (Å²) >= 11 is 1.13. The molecule has 1 saturated heterocycles. The number of hydrogen-bond acceptors (Lipinski definition) is 6. The molecule has 1 atom stereocenters. The molecule has 1 unspecified atom stereocenters. The Balaban J connectivity index is 1.94. The van der Waals surface area contributed by atoms with Crippen LogP contribution in [0.25, 0.3) is 0 Å². The highest BCUT2D eigenvalue weighted by atomic mass is 32.2. The normalized spacial score (nSPS) is 19.5. The van der Waals surface area contributed by atoms with Crippen molar-refractivity contribution in [3.8, 4) is 0 Å². The number of nitrogens with zero attached hydrogens (tertiary/aromatic N) is 1. The molecular weight excluding hydrogens is 434 g/mol. The predicted molar refractivity (Wildman–Crippen MR) is 121 cm³/mol. The number of carbonyl (C=O) groups excluding carboxylic acids is 2. The summed E-state index contributed by atoms with van der Waals surface area (Å²) in [7, 11) is -4.07. The average molecular weight is 462 g/mol. The number of ether oxygens (including phenoxy) is 1. The smallest absolute Gasteiger partial charge is 0.332 e. The van der Waals surface area contributed by atoms with E-state index in [1.54, 1.807) is 32.9 Å². The van der Waals surface area contributed by atoms with E-state index in [1.165, 1.54) is 12.1 Å². The van der Waals surface area contributed by atoms with Gasteiger partial charge in [-0.1, -0.05) is 48.0 Å². The second-order valence-corrected chi connectivity index (χ2v) is 11.7. The van der Waals surface area contributed by atoms with Crippen LogP contribution < -0.4 is 0 Å². The number of esters is 1. The highest BCUT2D eigenvalue weighted by Crippen LogP contribution is 2.42. The SMILES string of the molecule is Cc1ccc(S(=O)(=O)N2CCC(SCc3ccccc3)(C(=O)OC(C)(C)C)C2=O)cc1. The summed E-state index contributed by atoms with van der Waals surface area (Å²) < 4.78 is 31.1. The van der Waals surface area contributed by atoms with E-state index in [4.69, 9.17) is 4.74 Å². The maximum absolute atomic E-state index is 13.5. The lowest BCUT2D eigenvalue weighted by molar-refractivity contribution is -0.159. The van der Waals surface area contributed by atoms with Crippen LogP contribution in [0.15, 0.2) is 59.5 Å². The van der Waals surface area contributed by atoms with Gasteiger partial charge in [-0.05, 0) is 45.4 Å². The van der Waals surface area contributed by atoms with Gasteiger partial charge in [0.15, 0.2) is 4.75 Å². The molecule has 3 rings (SSSR count). The zero-order chi connectivity index (χ0) is 22.9.